The van der Waals surface area contributed by atoms with E-state index in [0.29, 0.717) is 12.1 Å². The van der Waals surface area contributed by atoms with Crippen LogP contribution >= 0.6 is 0 Å². The lowest BCUT2D eigenvalue weighted by molar-refractivity contribution is 0.193. The SMILES string of the molecule is COCCCN[C@@H](C)c1cccc(OC2CCCC2)c1. The minimum atomic E-state index is 0.346. The summed E-state index contributed by atoms with van der Waals surface area (Å²) in [5.41, 5.74) is 1.29. The van der Waals surface area contributed by atoms with Crippen LogP contribution in [-0.4, -0.2) is 26.4 Å². The quantitative estimate of drug-likeness (QED) is 0.735. The molecule has 3 heteroatoms. The number of methoxy groups -OCH3 is 1. The van der Waals surface area contributed by atoms with Gasteiger partial charge in [0.25, 0.3) is 0 Å². The van der Waals surface area contributed by atoms with Crippen LogP contribution in [0.4, 0.5) is 0 Å². The first kappa shape index (κ1) is 15.3. The highest BCUT2D eigenvalue weighted by Crippen LogP contribution is 2.26. The van der Waals surface area contributed by atoms with Crippen LogP contribution in [0.25, 0.3) is 0 Å². The maximum Gasteiger partial charge on any atom is 0.120 e. The Balaban J connectivity index is 1.84. The number of benzene rings is 1. The van der Waals surface area contributed by atoms with Gasteiger partial charge in [0, 0.05) is 19.8 Å². The molecular formula is C17H27NO2. The van der Waals surface area contributed by atoms with E-state index in [-0.39, 0.29) is 0 Å². The van der Waals surface area contributed by atoms with Gasteiger partial charge in [0.2, 0.25) is 0 Å². The molecule has 0 saturated heterocycles. The Morgan fingerprint density at radius 2 is 2.10 bits per heavy atom. The predicted molar refractivity (Wildman–Crippen MR) is 82.2 cm³/mol. The number of nitrogens with one attached hydrogen (secondary N) is 1. The highest BCUT2D eigenvalue weighted by molar-refractivity contribution is 5.30. The largest absolute Gasteiger partial charge is 0.490 e. The molecule has 0 bridgehead atoms. The maximum absolute atomic E-state index is 6.06. The summed E-state index contributed by atoms with van der Waals surface area (Å²) in [6.07, 6.45) is 6.49. The first-order valence-electron chi connectivity index (χ1n) is 7.78. The van der Waals surface area contributed by atoms with Gasteiger partial charge in [-0.05, 0) is 63.3 Å². The molecule has 0 spiro atoms. The van der Waals surface area contributed by atoms with Crippen LogP contribution in [0.15, 0.2) is 24.3 Å². The summed E-state index contributed by atoms with van der Waals surface area (Å²) in [6.45, 7) is 3.98. The van der Waals surface area contributed by atoms with Crippen molar-refractivity contribution in [3.8, 4) is 5.75 Å². The summed E-state index contributed by atoms with van der Waals surface area (Å²) in [5.74, 6) is 1.01. The van der Waals surface area contributed by atoms with Crippen molar-refractivity contribution in [1.29, 1.82) is 0 Å². The van der Waals surface area contributed by atoms with E-state index in [0.717, 1.165) is 25.3 Å². The van der Waals surface area contributed by atoms with Crippen LogP contribution in [-0.2, 0) is 4.74 Å². The third-order valence-corrected chi connectivity index (χ3v) is 3.94. The van der Waals surface area contributed by atoms with Crippen molar-refractivity contribution in [2.45, 2.75) is 51.2 Å². The molecule has 1 aromatic carbocycles. The molecule has 1 fully saturated rings. The minimum Gasteiger partial charge on any atom is -0.490 e. The molecule has 0 heterocycles. The Morgan fingerprint density at radius 1 is 1.30 bits per heavy atom. The van der Waals surface area contributed by atoms with Gasteiger partial charge in [0.05, 0.1) is 6.10 Å². The molecule has 20 heavy (non-hydrogen) atoms. The zero-order valence-electron chi connectivity index (χ0n) is 12.7. The summed E-state index contributed by atoms with van der Waals surface area (Å²) in [4.78, 5) is 0. The van der Waals surface area contributed by atoms with E-state index in [1.165, 1.54) is 31.2 Å². The Labute approximate surface area is 122 Å². The van der Waals surface area contributed by atoms with E-state index in [2.05, 4.69) is 36.5 Å². The first-order valence-corrected chi connectivity index (χ1v) is 7.78. The summed E-state index contributed by atoms with van der Waals surface area (Å²) in [7, 11) is 1.74. The van der Waals surface area contributed by atoms with E-state index < -0.39 is 0 Å². The summed E-state index contributed by atoms with van der Waals surface area (Å²) < 4.78 is 11.1. The van der Waals surface area contributed by atoms with Gasteiger partial charge >= 0.3 is 0 Å². The molecule has 0 aromatic heterocycles. The Hall–Kier alpha value is -1.06. The molecule has 0 amide bonds. The normalized spacial score (nSPS) is 17.3. The van der Waals surface area contributed by atoms with Crippen LogP contribution in [0, 0.1) is 0 Å². The van der Waals surface area contributed by atoms with Gasteiger partial charge in [-0.3, -0.25) is 0 Å². The van der Waals surface area contributed by atoms with E-state index in [9.17, 15) is 0 Å². The summed E-state index contributed by atoms with van der Waals surface area (Å²) in [6, 6.07) is 8.84. The Kier molecular flexibility index (Phi) is 6.34. The lowest BCUT2D eigenvalue weighted by Gasteiger charge is -2.17. The van der Waals surface area contributed by atoms with Crippen molar-refractivity contribution in [1.82, 2.24) is 5.32 Å². The molecule has 112 valence electrons. The van der Waals surface area contributed by atoms with Gasteiger partial charge in [-0.15, -0.1) is 0 Å². The van der Waals surface area contributed by atoms with Gasteiger partial charge in [-0.2, -0.15) is 0 Å². The van der Waals surface area contributed by atoms with E-state index in [1.54, 1.807) is 7.11 Å². The fraction of sp³-hybridized carbons (Fsp3) is 0.647. The minimum absolute atomic E-state index is 0.346. The van der Waals surface area contributed by atoms with E-state index in [1.807, 2.05) is 0 Å². The highest BCUT2D eigenvalue weighted by Gasteiger charge is 2.16. The second-order valence-corrected chi connectivity index (χ2v) is 5.62. The van der Waals surface area contributed by atoms with Crippen molar-refractivity contribution >= 4 is 0 Å². The molecule has 1 aromatic rings. The van der Waals surface area contributed by atoms with Crippen LogP contribution in [0.2, 0.25) is 0 Å². The Morgan fingerprint density at radius 3 is 2.85 bits per heavy atom. The van der Waals surface area contributed by atoms with Crippen molar-refractivity contribution in [3.63, 3.8) is 0 Å². The third-order valence-electron chi connectivity index (χ3n) is 3.94. The molecule has 3 nitrogen and oxygen atoms in total. The van der Waals surface area contributed by atoms with Crippen molar-refractivity contribution in [2.24, 2.45) is 0 Å². The van der Waals surface area contributed by atoms with Crippen molar-refractivity contribution in [3.05, 3.63) is 29.8 Å². The van der Waals surface area contributed by atoms with Crippen LogP contribution in [0.3, 0.4) is 0 Å². The number of hydrogen-bond acceptors (Lipinski definition) is 3. The lowest BCUT2D eigenvalue weighted by atomic mass is 10.1. The fourth-order valence-corrected chi connectivity index (χ4v) is 2.71. The summed E-state index contributed by atoms with van der Waals surface area (Å²) in [5, 5.41) is 3.52. The van der Waals surface area contributed by atoms with Crippen molar-refractivity contribution < 1.29 is 9.47 Å². The fourth-order valence-electron chi connectivity index (χ4n) is 2.71. The standard InChI is InChI=1S/C17H27NO2/c1-14(18-11-6-12-19-2)15-7-5-10-17(13-15)20-16-8-3-4-9-16/h5,7,10,13-14,16,18H,3-4,6,8-9,11-12H2,1-2H3/t14-/m0/s1. The smallest absolute Gasteiger partial charge is 0.120 e. The van der Waals surface area contributed by atoms with Gasteiger partial charge in [-0.25, -0.2) is 0 Å². The molecule has 1 atom stereocenters. The summed E-state index contributed by atoms with van der Waals surface area (Å²) >= 11 is 0. The lowest BCUT2D eigenvalue weighted by Crippen LogP contribution is -2.21. The van der Waals surface area contributed by atoms with Crippen LogP contribution in [0.1, 0.15) is 50.6 Å². The molecule has 0 radical (unpaired) electrons. The first-order chi connectivity index (χ1) is 9.79. The molecule has 1 aliphatic carbocycles. The number of hydrogen-bond donors (Lipinski definition) is 1. The zero-order valence-corrected chi connectivity index (χ0v) is 12.7. The second-order valence-electron chi connectivity index (χ2n) is 5.62. The van der Waals surface area contributed by atoms with Gasteiger partial charge in [-0.1, -0.05) is 12.1 Å². The highest BCUT2D eigenvalue weighted by atomic mass is 16.5. The third kappa shape index (κ3) is 4.80. The number of ether oxygens (including phenoxy) is 2. The molecule has 0 aliphatic heterocycles. The zero-order chi connectivity index (χ0) is 14.2. The molecule has 2 rings (SSSR count). The van der Waals surface area contributed by atoms with Gasteiger partial charge in [0.15, 0.2) is 0 Å². The van der Waals surface area contributed by atoms with Gasteiger partial charge < -0.3 is 14.8 Å². The van der Waals surface area contributed by atoms with E-state index in [4.69, 9.17) is 9.47 Å². The predicted octanol–water partition coefficient (Wildman–Crippen LogP) is 3.70. The average molecular weight is 277 g/mol. The molecular weight excluding hydrogens is 250 g/mol. The molecule has 1 aliphatic rings. The topological polar surface area (TPSA) is 30.5 Å². The second kappa shape index (κ2) is 8.28. The molecule has 0 unspecified atom stereocenters. The molecule has 1 saturated carbocycles. The monoisotopic (exact) mass is 277 g/mol. The van der Waals surface area contributed by atoms with Crippen LogP contribution < -0.4 is 10.1 Å². The molecule has 1 N–H and O–H groups in total. The average Bonchev–Trinajstić information content (AvgIpc) is 2.96. The maximum atomic E-state index is 6.06. The van der Waals surface area contributed by atoms with Gasteiger partial charge in [0.1, 0.15) is 5.75 Å². The van der Waals surface area contributed by atoms with Crippen molar-refractivity contribution in [2.75, 3.05) is 20.3 Å². The van der Waals surface area contributed by atoms with E-state index >= 15 is 0 Å². The Bertz CT molecular complexity index is 388. The van der Waals surface area contributed by atoms with Crippen LogP contribution in [0.5, 0.6) is 5.75 Å². The number of rotatable bonds is 8.